The second-order valence-corrected chi connectivity index (χ2v) is 7.43. The molecule has 0 aliphatic carbocycles. The highest BCUT2D eigenvalue weighted by molar-refractivity contribution is 14.1. The van der Waals surface area contributed by atoms with E-state index < -0.39 is 0 Å². The molecule has 0 saturated heterocycles. The van der Waals surface area contributed by atoms with E-state index in [0.717, 1.165) is 11.2 Å². The van der Waals surface area contributed by atoms with Crippen molar-refractivity contribution >= 4 is 77.4 Å². The van der Waals surface area contributed by atoms with Gasteiger partial charge in [-0.15, -0.1) is 0 Å². The first kappa shape index (κ1) is 13.7. The van der Waals surface area contributed by atoms with E-state index in [-0.39, 0.29) is 0 Å². The Morgan fingerprint density at radius 2 is 1.28 bits per heavy atom. The molecule has 0 spiro atoms. The monoisotopic (exact) mass is 433 g/mol. The molecular weight excluding hydrogens is 421 g/mol. The van der Waals surface area contributed by atoms with Crippen molar-refractivity contribution < 1.29 is 4.42 Å². The van der Waals surface area contributed by atoms with Crippen molar-refractivity contribution in [2.24, 2.45) is 0 Å². The number of nitrogens with zero attached hydrogens (tertiary/aromatic N) is 1. The molecule has 0 aliphatic heterocycles. The quantitative estimate of drug-likeness (QED) is 0.235. The Hall–Kier alpha value is -2.53. The molecule has 3 heteroatoms. The van der Waals surface area contributed by atoms with E-state index in [2.05, 4.69) is 86.3 Å². The van der Waals surface area contributed by atoms with Crippen LogP contribution in [0.25, 0.3) is 54.5 Å². The number of hydrogen-bond acceptors (Lipinski definition) is 1. The fourth-order valence-corrected chi connectivity index (χ4v) is 4.67. The minimum Gasteiger partial charge on any atom is -0.456 e. The van der Waals surface area contributed by atoms with Crippen LogP contribution in [-0.4, -0.2) is 2.78 Å². The van der Waals surface area contributed by atoms with E-state index in [1.54, 1.807) is 0 Å². The van der Waals surface area contributed by atoms with Crippen LogP contribution in [0.3, 0.4) is 0 Å². The second-order valence-electron chi connectivity index (χ2n) is 6.46. The van der Waals surface area contributed by atoms with E-state index in [0.29, 0.717) is 0 Å². The first-order valence-electron chi connectivity index (χ1n) is 8.24. The van der Waals surface area contributed by atoms with Gasteiger partial charge in [0, 0.05) is 27.6 Å². The van der Waals surface area contributed by atoms with Crippen molar-refractivity contribution in [1.29, 1.82) is 0 Å². The van der Waals surface area contributed by atoms with E-state index in [1.807, 2.05) is 12.1 Å². The molecule has 25 heavy (non-hydrogen) atoms. The van der Waals surface area contributed by atoms with Gasteiger partial charge in [-0.2, -0.15) is 0 Å². The van der Waals surface area contributed by atoms with Gasteiger partial charge in [0.15, 0.2) is 0 Å². The van der Waals surface area contributed by atoms with Crippen LogP contribution in [0.15, 0.2) is 77.2 Å². The van der Waals surface area contributed by atoms with Gasteiger partial charge in [-0.25, -0.2) is 0 Å². The Morgan fingerprint density at radius 3 is 2.16 bits per heavy atom. The second kappa shape index (κ2) is 4.76. The molecule has 2 aromatic heterocycles. The molecule has 4 aromatic carbocycles. The van der Waals surface area contributed by atoms with Crippen molar-refractivity contribution in [2.45, 2.75) is 0 Å². The van der Waals surface area contributed by atoms with Crippen LogP contribution in [0.1, 0.15) is 0 Å². The van der Waals surface area contributed by atoms with Crippen LogP contribution in [0.5, 0.6) is 0 Å². The SMILES string of the molecule is In1c2cc3ccccc3cc2c2cc3c(cc21)oc1ccccc13. The van der Waals surface area contributed by atoms with E-state index in [4.69, 9.17) is 4.42 Å². The topological polar surface area (TPSA) is 18.1 Å². The van der Waals surface area contributed by atoms with E-state index in [9.17, 15) is 0 Å². The van der Waals surface area contributed by atoms with Gasteiger partial charge in [-0.3, -0.25) is 2.78 Å². The number of para-hydroxylation sites is 1. The summed E-state index contributed by atoms with van der Waals surface area (Å²) in [6, 6.07) is 25.8. The van der Waals surface area contributed by atoms with Crippen molar-refractivity contribution in [3.63, 3.8) is 0 Å². The maximum atomic E-state index is 6.07. The molecule has 0 bridgehead atoms. The van der Waals surface area contributed by atoms with Crippen molar-refractivity contribution in [3.8, 4) is 0 Å². The first-order valence-corrected chi connectivity index (χ1v) is 9.20. The zero-order chi connectivity index (χ0) is 16.5. The summed E-state index contributed by atoms with van der Waals surface area (Å²) < 4.78 is 8.31. The molecule has 0 amide bonds. The minimum atomic E-state index is 0.943. The average Bonchev–Trinajstić information content (AvgIpc) is 3.14. The first-order chi connectivity index (χ1) is 12.3. The Morgan fingerprint density at radius 1 is 0.600 bits per heavy atom. The standard InChI is InChI=1S/C22H12INO/c23-24-19-10-14-6-2-1-5-13(14)9-16(19)17-11-18-15-7-3-4-8-21(15)25-22(18)12-20(17)24/h1-12H. The van der Waals surface area contributed by atoms with Gasteiger partial charge >= 0.3 is 0 Å². The van der Waals surface area contributed by atoms with Gasteiger partial charge in [-0.1, -0.05) is 42.5 Å². The van der Waals surface area contributed by atoms with Gasteiger partial charge in [0.2, 0.25) is 0 Å². The summed E-state index contributed by atoms with van der Waals surface area (Å²) in [7, 11) is 0. The molecule has 0 atom stereocenters. The smallest absolute Gasteiger partial charge is 0.137 e. The lowest BCUT2D eigenvalue weighted by Crippen LogP contribution is -1.78. The molecule has 0 unspecified atom stereocenters. The largest absolute Gasteiger partial charge is 0.456 e. The van der Waals surface area contributed by atoms with Crippen molar-refractivity contribution in [2.75, 3.05) is 0 Å². The molecule has 6 aromatic rings. The van der Waals surface area contributed by atoms with Crippen LogP contribution in [0.4, 0.5) is 0 Å². The third-order valence-electron chi connectivity index (χ3n) is 5.07. The van der Waals surface area contributed by atoms with Crippen LogP contribution >= 0.6 is 22.9 Å². The summed E-state index contributed by atoms with van der Waals surface area (Å²) in [6.07, 6.45) is 0. The summed E-state index contributed by atoms with van der Waals surface area (Å²) >= 11 is 2.39. The molecule has 6 rings (SSSR count). The summed E-state index contributed by atoms with van der Waals surface area (Å²) in [5.41, 5.74) is 4.32. The lowest BCUT2D eigenvalue weighted by atomic mass is 10.0. The number of fused-ring (bicyclic) bond motifs is 7. The summed E-state index contributed by atoms with van der Waals surface area (Å²) in [6.45, 7) is 0. The van der Waals surface area contributed by atoms with Gasteiger partial charge < -0.3 is 4.42 Å². The Kier molecular flexibility index (Phi) is 2.61. The van der Waals surface area contributed by atoms with Gasteiger partial charge in [-0.05, 0) is 35.0 Å². The number of halogens is 1. The Bertz CT molecular complexity index is 1460. The lowest BCUT2D eigenvalue weighted by Gasteiger charge is -1.99. The summed E-state index contributed by atoms with van der Waals surface area (Å²) in [5, 5.41) is 7.46. The molecule has 2 nitrogen and oxygen atoms in total. The molecule has 0 aliphatic rings. The summed E-state index contributed by atoms with van der Waals surface area (Å²) in [5.74, 6) is 0. The molecule has 118 valence electrons. The van der Waals surface area contributed by atoms with Gasteiger partial charge in [0.25, 0.3) is 0 Å². The van der Waals surface area contributed by atoms with Crippen LogP contribution in [-0.2, 0) is 0 Å². The molecule has 0 fully saturated rings. The zero-order valence-corrected chi connectivity index (χ0v) is 15.3. The molecule has 0 saturated carbocycles. The number of furan rings is 1. The third kappa shape index (κ3) is 1.79. The fraction of sp³-hybridized carbons (Fsp3) is 0. The maximum Gasteiger partial charge on any atom is 0.137 e. The highest BCUT2D eigenvalue weighted by Crippen LogP contribution is 2.38. The molecule has 2 heterocycles. The van der Waals surface area contributed by atoms with Crippen LogP contribution in [0.2, 0.25) is 0 Å². The van der Waals surface area contributed by atoms with Crippen LogP contribution < -0.4 is 0 Å². The Balaban J connectivity index is 1.86. The lowest BCUT2D eigenvalue weighted by molar-refractivity contribution is 0.669. The number of hydrogen-bond donors (Lipinski definition) is 0. The predicted octanol–water partition coefficient (Wildman–Crippen LogP) is 7.05. The Labute approximate surface area is 157 Å². The summed E-state index contributed by atoms with van der Waals surface area (Å²) in [4.78, 5) is 0. The molecule has 0 N–H and O–H groups in total. The van der Waals surface area contributed by atoms with Gasteiger partial charge in [0.05, 0.1) is 33.9 Å². The van der Waals surface area contributed by atoms with Crippen molar-refractivity contribution in [3.05, 3.63) is 72.8 Å². The fourth-order valence-electron chi connectivity index (χ4n) is 3.87. The zero-order valence-electron chi connectivity index (χ0n) is 13.2. The van der Waals surface area contributed by atoms with Gasteiger partial charge in [0.1, 0.15) is 11.2 Å². The number of benzene rings is 4. The normalized spacial score (nSPS) is 12.2. The minimum absolute atomic E-state index is 0.943. The third-order valence-corrected chi connectivity index (χ3v) is 6.11. The molecular formula is C22H12INO. The van der Waals surface area contributed by atoms with E-state index >= 15 is 0 Å². The molecule has 0 radical (unpaired) electrons. The van der Waals surface area contributed by atoms with Crippen LogP contribution in [0, 0.1) is 0 Å². The predicted molar refractivity (Wildman–Crippen MR) is 114 cm³/mol. The highest BCUT2D eigenvalue weighted by Gasteiger charge is 2.14. The number of rotatable bonds is 0. The number of aromatic nitrogens is 1. The van der Waals surface area contributed by atoms with E-state index in [1.165, 1.54) is 43.4 Å². The highest BCUT2D eigenvalue weighted by atomic mass is 127. The maximum absolute atomic E-state index is 6.07. The van der Waals surface area contributed by atoms with Crippen molar-refractivity contribution in [1.82, 2.24) is 2.78 Å². The average molecular weight is 433 g/mol.